The van der Waals surface area contributed by atoms with Crippen LogP contribution in [0.5, 0.6) is 11.5 Å². The quantitative estimate of drug-likeness (QED) is 0.591. The lowest BCUT2D eigenvalue weighted by Crippen LogP contribution is -2.19. The van der Waals surface area contributed by atoms with Gasteiger partial charge in [0.15, 0.2) is 0 Å². The van der Waals surface area contributed by atoms with Gasteiger partial charge in [0, 0.05) is 0 Å². The van der Waals surface area contributed by atoms with E-state index in [1.54, 1.807) is 12.1 Å². The fourth-order valence-electron chi connectivity index (χ4n) is 2.63. The fourth-order valence-corrected chi connectivity index (χ4v) is 2.63. The predicted molar refractivity (Wildman–Crippen MR) is 84.1 cm³/mol. The molecule has 2 atom stereocenters. The summed E-state index contributed by atoms with van der Waals surface area (Å²) in [6, 6.07) is 11.9. The van der Waals surface area contributed by atoms with E-state index in [1.165, 1.54) is 42.5 Å². The molecule has 1 heterocycles. The maximum absolute atomic E-state index is 12.2. The van der Waals surface area contributed by atoms with Gasteiger partial charge >= 0.3 is 11.9 Å². The second kappa shape index (κ2) is 6.08. The molecular formula is C18H14O6. The van der Waals surface area contributed by atoms with E-state index < -0.39 is 24.0 Å². The number of aromatic hydroxyl groups is 2. The predicted octanol–water partition coefficient (Wildman–Crippen LogP) is 2.48. The monoisotopic (exact) mass is 326 g/mol. The smallest absolute Gasteiger partial charge is 0.335 e. The van der Waals surface area contributed by atoms with Gasteiger partial charge in [-0.15, -0.1) is 0 Å². The van der Waals surface area contributed by atoms with E-state index in [1.807, 2.05) is 0 Å². The normalized spacial score (nSPS) is 21.7. The zero-order valence-electron chi connectivity index (χ0n) is 12.4. The summed E-state index contributed by atoms with van der Waals surface area (Å²) in [7, 11) is 0. The Labute approximate surface area is 137 Å². The molecule has 6 nitrogen and oxygen atoms in total. The number of phenols is 2. The van der Waals surface area contributed by atoms with E-state index in [0.717, 1.165) is 0 Å². The first kappa shape index (κ1) is 15.6. The van der Waals surface area contributed by atoms with Gasteiger partial charge in [0.05, 0.1) is 5.57 Å². The second-order valence-electron chi connectivity index (χ2n) is 5.42. The summed E-state index contributed by atoms with van der Waals surface area (Å²) in [5.74, 6) is -2.92. The number of benzene rings is 2. The Morgan fingerprint density at radius 2 is 1.50 bits per heavy atom. The van der Waals surface area contributed by atoms with Crippen molar-refractivity contribution in [3.63, 3.8) is 0 Å². The molecule has 2 aromatic carbocycles. The largest absolute Gasteiger partial charge is 0.508 e. The lowest BCUT2D eigenvalue weighted by Gasteiger charge is -2.14. The molecule has 24 heavy (non-hydrogen) atoms. The van der Waals surface area contributed by atoms with Gasteiger partial charge in [-0.05, 0) is 41.5 Å². The van der Waals surface area contributed by atoms with Gasteiger partial charge in [0.25, 0.3) is 0 Å². The number of carboxylic acids is 1. The molecule has 3 N–H and O–H groups in total. The Morgan fingerprint density at radius 3 is 2.04 bits per heavy atom. The molecule has 1 fully saturated rings. The lowest BCUT2D eigenvalue weighted by molar-refractivity contribution is -0.144. The van der Waals surface area contributed by atoms with Crippen LogP contribution in [0.25, 0.3) is 6.08 Å². The molecule has 0 unspecified atom stereocenters. The first-order chi connectivity index (χ1) is 11.5. The molecule has 1 aliphatic rings. The van der Waals surface area contributed by atoms with Crippen molar-refractivity contribution in [3.8, 4) is 11.5 Å². The number of hydrogen-bond donors (Lipinski definition) is 3. The number of phenolic OH excluding ortho intramolecular Hbond substituents is 2. The minimum atomic E-state index is -1.18. The van der Waals surface area contributed by atoms with E-state index in [0.29, 0.717) is 11.1 Å². The number of cyclic esters (lactones) is 1. The van der Waals surface area contributed by atoms with Crippen LogP contribution in [0.2, 0.25) is 0 Å². The summed E-state index contributed by atoms with van der Waals surface area (Å²) in [6.07, 6.45) is 0.486. The minimum absolute atomic E-state index is 0.0336. The zero-order valence-corrected chi connectivity index (χ0v) is 12.4. The number of carboxylic acid groups (broad SMARTS) is 1. The Balaban J connectivity index is 2.00. The van der Waals surface area contributed by atoms with Crippen LogP contribution in [0.3, 0.4) is 0 Å². The van der Waals surface area contributed by atoms with Crippen LogP contribution in [0, 0.1) is 5.92 Å². The van der Waals surface area contributed by atoms with E-state index in [-0.39, 0.29) is 17.1 Å². The average molecular weight is 326 g/mol. The molecule has 6 heteroatoms. The van der Waals surface area contributed by atoms with Gasteiger partial charge in [-0.3, -0.25) is 4.79 Å². The Bertz CT molecular complexity index is 804. The highest BCUT2D eigenvalue weighted by atomic mass is 16.6. The summed E-state index contributed by atoms with van der Waals surface area (Å²) in [6.45, 7) is 0. The molecule has 0 bridgehead atoms. The molecule has 0 aliphatic carbocycles. The van der Waals surface area contributed by atoms with Crippen molar-refractivity contribution in [3.05, 3.63) is 65.2 Å². The van der Waals surface area contributed by atoms with Crippen LogP contribution < -0.4 is 0 Å². The lowest BCUT2D eigenvalue weighted by atomic mass is 9.90. The number of ether oxygens (including phenoxy) is 1. The SMILES string of the molecule is O=C1O[C@@H](c2ccc(O)cc2)[C@H](C(=O)O)/C1=C/c1ccc(O)cc1. The molecule has 0 radical (unpaired) electrons. The molecule has 3 rings (SSSR count). The molecule has 0 amide bonds. The number of esters is 1. The number of carbonyl (C=O) groups excluding carboxylic acids is 1. The van der Waals surface area contributed by atoms with Crippen LogP contribution in [-0.4, -0.2) is 27.3 Å². The summed E-state index contributed by atoms with van der Waals surface area (Å²) >= 11 is 0. The zero-order chi connectivity index (χ0) is 17.3. The van der Waals surface area contributed by atoms with Crippen molar-refractivity contribution in [2.24, 2.45) is 5.92 Å². The van der Waals surface area contributed by atoms with Crippen molar-refractivity contribution >= 4 is 18.0 Å². The van der Waals surface area contributed by atoms with Crippen LogP contribution >= 0.6 is 0 Å². The minimum Gasteiger partial charge on any atom is -0.508 e. The molecule has 1 saturated heterocycles. The van der Waals surface area contributed by atoms with Gasteiger partial charge in [0.2, 0.25) is 0 Å². The second-order valence-corrected chi connectivity index (χ2v) is 5.42. The Hall–Kier alpha value is -3.28. The van der Waals surface area contributed by atoms with Gasteiger partial charge < -0.3 is 20.1 Å². The van der Waals surface area contributed by atoms with Gasteiger partial charge in [0.1, 0.15) is 23.5 Å². The maximum Gasteiger partial charge on any atom is 0.335 e. The fraction of sp³-hybridized carbons (Fsp3) is 0.111. The van der Waals surface area contributed by atoms with Crippen LogP contribution in [0.15, 0.2) is 54.1 Å². The molecule has 0 spiro atoms. The number of hydrogen-bond acceptors (Lipinski definition) is 5. The highest BCUT2D eigenvalue weighted by Crippen LogP contribution is 2.40. The van der Waals surface area contributed by atoms with Gasteiger partial charge in [-0.2, -0.15) is 0 Å². The third kappa shape index (κ3) is 2.94. The van der Waals surface area contributed by atoms with E-state index in [2.05, 4.69) is 0 Å². The highest BCUT2D eigenvalue weighted by Gasteiger charge is 2.45. The van der Waals surface area contributed by atoms with E-state index >= 15 is 0 Å². The number of rotatable bonds is 3. The highest BCUT2D eigenvalue weighted by molar-refractivity contribution is 6.02. The third-order valence-electron chi connectivity index (χ3n) is 3.81. The van der Waals surface area contributed by atoms with Crippen molar-refractivity contribution in [2.75, 3.05) is 0 Å². The van der Waals surface area contributed by atoms with Gasteiger partial charge in [-0.1, -0.05) is 24.3 Å². The average Bonchev–Trinajstić information content (AvgIpc) is 2.87. The topological polar surface area (TPSA) is 104 Å². The Kier molecular flexibility index (Phi) is 3.95. The van der Waals surface area contributed by atoms with E-state index in [4.69, 9.17) is 4.74 Å². The number of aliphatic carboxylic acids is 1. The summed E-state index contributed by atoms with van der Waals surface area (Å²) in [4.78, 5) is 23.8. The molecular weight excluding hydrogens is 312 g/mol. The summed E-state index contributed by atoms with van der Waals surface area (Å²) in [5.41, 5.74) is 1.10. The Morgan fingerprint density at radius 1 is 0.958 bits per heavy atom. The van der Waals surface area contributed by atoms with Gasteiger partial charge in [-0.25, -0.2) is 4.79 Å². The molecule has 0 saturated carbocycles. The summed E-state index contributed by atoms with van der Waals surface area (Å²) < 4.78 is 5.25. The first-order valence-electron chi connectivity index (χ1n) is 7.19. The maximum atomic E-state index is 12.2. The van der Waals surface area contributed by atoms with Crippen molar-refractivity contribution < 1.29 is 29.6 Å². The third-order valence-corrected chi connectivity index (χ3v) is 3.81. The first-order valence-corrected chi connectivity index (χ1v) is 7.19. The van der Waals surface area contributed by atoms with Crippen LogP contribution in [-0.2, 0) is 14.3 Å². The molecule has 1 aliphatic heterocycles. The molecule has 2 aromatic rings. The van der Waals surface area contributed by atoms with Crippen molar-refractivity contribution in [2.45, 2.75) is 6.10 Å². The van der Waals surface area contributed by atoms with Crippen LogP contribution in [0.1, 0.15) is 17.2 Å². The molecule has 122 valence electrons. The number of carbonyl (C=O) groups is 2. The van der Waals surface area contributed by atoms with Crippen LogP contribution in [0.4, 0.5) is 0 Å². The molecule has 0 aromatic heterocycles. The standard InChI is InChI=1S/C18H14O6/c19-12-5-1-10(2-6-12)9-14-15(17(21)22)16(24-18(14)23)11-3-7-13(20)8-4-11/h1-9,15-16,19-20H,(H,21,22)/b14-9-/t15-,16+/m1/s1. The van der Waals surface area contributed by atoms with Crippen molar-refractivity contribution in [1.29, 1.82) is 0 Å². The summed E-state index contributed by atoms with van der Waals surface area (Å²) in [5, 5.41) is 28.2. The van der Waals surface area contributed by atoms with Crippen molar-refractivity contribution in [1.82, 2.24) is 0 Å². The van der Waals surface area contributed by atoms with E-state index in [9.17, 15) is 24.9 Å².